The van der Waals surface area contributed by atoms with E-state index in [9.17, 15) is 0 Å². The highest BCUT2D eigenvalue weighted by atomic mass is 14.3. The summed E-state index contributed by atoms with van der Waals surface area (Å²) in [4.78, 5) is 0. The average molecular weight is 228 g/mol. The van der Waals surface area contributed by atoms with Crippen molar-refractivity contribution in [2.75, 3.05) is 0 Å². The minimum Gasteiger partial charge on any atom is -0.192 e. The van der Waals surface area contributed by atoms with E-state index in [0.717, 1.165) is 0 Å². The van der Waals surface area contributed by atoms with Gasteiger partial charge >= 0.3 is 0 Å². The van der Waals surface area contributed by atoms with Crippen molar-refractivity contribution in [3.63, 3.8) is 0 Å². The van der Waals surface area contributed by atoms with E-state index in [4.69, 9.17) is 21.0 Å². The van der Waals surface area contributed by atoms with Crippen molar-refractivity contribution in [2.24, 2.45) is 0 Å². The van der Waals surface area contributed by atoms with Crippen LogP contribution in [0.5, 0.6) is 0 Å². The zero-order valence-electron chi connectivity index (χ0n) is 9.10. The SMILES string of the molecule is N#Cc1ccc2c(C#N)cc(C#N)c-2c(C#N)c1. The van der Waals surface area contributed by atoms with Crippen LogP contribution in [0.1, 0.15) is 22.3 Å². The van der Waals surface area contributed by atoms with Gasteiger partial charge in [0.2, 0.25) is 0 Å². The molecule has 4 heteroatoms. The van der Waals surface area contributed by atoms with Crippen LogP contribution in [0.15, 0.2) is 24.3 Å². The van der Waals surface area contributed by atoms with Gasteiger partial charge in [0.25, 0.3) is 0 Å². The summed E-state index contributed by atoms with van der Waals surface area (Å²) < 4.78 is 0. The Balaban J connectivity index is 2.99. The van der Waals surface area contributed by atoms with E-state index in [1.807, 2.05) is 24.3 Å². The van der Waals surface area contributed by atoms with Gasteiger partial charge in [-0.1, -0.05) is 6.07 Å². The van der Waals surface area contributed by atoms with Gasteiger partial charge in [-0.3, -0.25) is 0 Å². The monoisotopic (exact) mass is 228 g/mol. The normalized spacial score (nSPS) is 8.89. The Morgan fingerprint density at radius 3 is 1.83 bits per heavy atom. The summed E-state index contributed by atoms with van der Waals surface area (Å²) in [5, 5.41) is 36.0. The quantitative estimate of drug-likeness (QED) is 0.690. The van der Waals surface area contributed by atoms with Crippen LogP contribution in [-0.2, 0) is 0 Å². The topological polar surface area (TPSA) is 95.2 Å². The molecule has 2 aliphatic rings. The predicted molar refractivity (Wildman–Crippen MR) is 61.9 cm³/mol. The lowest BCUT2D eigenvalue weighted by Gasteiger charge is -1.95. The molecule has 0 unspecified atom stereocenters. The largest absolute Gasteiger partial charge is 0.192 e. The molecular formula is C14H4N4. The molecule has 18 heavy (non-hydrogen) atoms. The first-order chi connectivity index (χ1) is 8.74. The van der Waals surface area contributed by atoms with Crippen LogP contribution < -0.4 is 0 Å². The number of hydrogen-bond donors (Lipinski definition) is 0. The number of hydrogen-bond acceptors (Lipinski definition) is 4. The molecule has 0 aromatic rings. The third-order valence-corrected chi connectivity index (χ3v) is 2.61. The molecule has 0 amide bonds. The molecule has 0 fully saturated rings. The van der Waals surface area contributed by atoms with Crippen molar-refractivity contribution in [2.45, 2.75) is 0 Å². The van der Waals surface area contributed by atoms with Crippen LogP contribution in [-0.4, -0.2) is 0 Å². The van der Waals surface area contributed by atoms with Crippen LogP contribution in [0.4, 0.5) is 0 Å². The lowest BCUT2D eigenvalue weighted by atomic mass is 10.0. The van der Waals surface area contributed by atoms with Crippen LogP contribution in [0.2, 0.25) is 0 Å². The second kappa shape index (κ2) is 4.26. The molecule has 4 nitrogen and oxygen atoms in total. The Morgan fingerprint density at radius 1 is 0.667 bits per heavy atom. The van der Waals surface area contributed by atoms with Gasteiger partial charge in [0.15, 0.2) is 0 Å². The molecule has 0 N–H and O–H groups in total. The molecule has 0 aromatic heterocycles. The lowest BCUT2D eigenvalue weighted by Crippen LogP contribution is -1.81. The number of nitrogens with zero attached hydrogens (tertiary/aromatic N) is 4. The highest BCUT2D eigenvalue weighted by molar-refractivity contribution is 5.84. The maximum absolute atomic E-state index is 9.12. The van der Waals surface area contributed by atoms with Crippen molar-refractivity contribution in [3.8, 4) is 35.4 Å². The van der Waals surface area contributed by atoms with E-state index in [2.05, 4.69) is 0 Å². The van der Waals surface area contributed by atoms with Gasteiger partial charge < -0.3 is 0 Å². The summed E-state index contributed by atoms with van der Waals surface area (Å²) in [6.07, 6.45) is 0. The molecular weight excluding hydrogens is 224 g/mol. The van der Waals surface area contributed by atoms with E-state index < -0.39 is 0 Å². The molecule has 0 atom stereocenters. The molecule has 2 aliphatic carbocycles. The third kappa shape index (κ3) is 1.52. The highest BCUT2D eigenvalue weighted by Gasteiger charge is 2.18. The summed E-state index contributed by atoms with van der Waals surface area (Å²) in [7, 11) is 0. The van der Waals surface area contributed by atoms with Gasteiger partial charge in [0.1, 0.15) is 0 Å². The first-order valence-corrected chi connectivity index (χ1v) is 4.96. The van der Waals surface area contributed by atoms with Gasteiger partial charge in [-0.15, -0.1) is 0 Å². The van der Waals surface area contributed by atoms with Gasteiger partial charge in [-0.25, -0.2) is 0 Å². The van der Waals surface area contributed by atoms with Crippen LogP contribution >= 0.6 is 0 Å². The molecule has 0 radical (unpaired) electrons. The lowest BCUT2D eigenvalue weighted by molar-refractivity contribution is 1.47. The third-order valence-electron chi connectivity index (χ3n) is 2.61. The van der Waals surface area contributed by atoms with Gasteiger partial charge in [0, 0.05) is 11.1 Å². The van der Waals surface area contributed by atoms with E-state index in [1.54, 1.807) is 6.07 Å². The number of nitriles is 4. The summed E-state index contributed by atoms with van der Waals surface area (Å²) in [5.74, 6) is 0. The highest BCUT2D eigenvalue weighted by Crippen LogP contribution is 2.34. The van der Waals surface area contributed by atoms with E-state index >= 15 is 0 Å². The standard InChI is InChI=1S/C14H4N4/c15-5-9-1-2-13-10(6-16)4-12(8-18)14(13)11(3-9)7-17/h1-4H. The molecule has 0 saturated carbocycles. The number of rotatable bonds is 0. The Labute approximate surface area is 103 Å². The Kier molecular flexibility index (Phi) is 2.64. The fourth-order valence-corrected chi connectivity index (χ4v) is 1.82. The smallest absolute Gasteiger partial charge is 0.0999 e. The van der Waals surface area contributed by atoms with Gasteiger partial charge in [0.05, 0.1) is 46.5 Å². The van der Waals surface area contributed by atoms with Gasteiger partial charge in [-0.05, 0) is 18.2 Å². The molecule has 0 aromatic carbocycles. The molecule has 0 heterocycles. The minimum atomic E-state index is 0.226. The molecule has 0 saturated heterocycles. The second-order valence-corrected chi connectivity index (χ2v) is 3.55. The number of fused-ring (bicyclic) bond motifs is 1. The van der Waals surface area contributed by atoms with Crippen molar-refractivity contribution in [3.05, 3.63) is 46.5 Å². The maximum atomic E-state index is 9.12. The average Bonchev–Trinajstić information content (AvgIpc) is 2.66. The first kappa shape index (κ1) is 11.2. The zero-order chi connectivity index (χ0) is 13.1. The summed E-state index contributed by atoms with van der Waals surface area (Å²) in [6.45, 7) is 0. The Hall–Kier alpha value is -3.34. The van der Waals surface area contributed by atoms with E-state index in [-0.39, 0.29) is 11.1 Å². The molecule has 0 bridgehead atoms. The summed E-state index contributed by atoms with van der Waals surface area (Å²) in [5.41, 5.74) is 2.10. The fraction of sp³-hybridized carbons (Fsp3) is 0. The molecule has 0 aliphatic heterocycles. The maximum Gasteiger partial charge on any atom is 0.0999 e. The van der Waals surface area contributed by atoms with E-state index in [0.29, 0.717) is 22.3 Å². The van der Waals surface area contributed by atoms with Crippen LogP contribution in [0.25, 0.3) is 11.1 Å². The molecule has 0 spiro atoms. The second-order valence-electron chi connectivity index (χ2n) is 3.55. The van der Waals surface area contributed by atoms with Crippen molar-refractivity contribution >= 4 is 0 Å². The van der Waals surface area contributed by atoms with E-state index in [1.165, 1.54) is 18.2 Å². The van der Waals surface area contributed by atoms with Crippen molar-refractivity contribution in [1.29, 1.82) is 21.0 Å². The van der Waals surface area contributed by atoms with Crippen molar-refractivity contribution < 1.29 is 0 Å². The van der Waals surface area contributed by atoms with Gasteiger partial charge in [-0.2, -0.15) is 21.0 Å². The summed E-state index contributed by atoms with van der Waals surface area (Å²) >= 11 is 0. The first-order valence-electron chi connectivity index (χ1n) is 4.96. The minimum absolute atomic E-state index is 0.226. The summed E-state index contributed by atoms with van der Waals surface area (Å²) in [6, 6.07) is 13.9. The van der Waals surface area contributed by atoms with Crippen LogP contribution in [0.3, 0.4) is 0 Å². The Bertz CT molecular complexity index is 776. The van der Waals surface area contributed by atoms with Crippen LogP contribution in [0, 0.1) is 45.3 Å². The predicted octanol–water partition coefficient (Wildman–Crippen LogP) is 2.28. The molecule has 80 valence electrons. The fourth-order valence-electron chi connectivity index (χ4n) is 1.82. The Morgan fingerprint density at radius 2 is 1.28 bits per heavy atom. The molecule has 2 rings (SSSR count). The van der Waals surface area contributed by atoms with Crippen molar-refractivity contribution in [1.82, 2.24) is 0 Å². The zero-order valence-corrected chi connectivity index (χ0v) is 9.10.